The van der Waals surface area contributed by atoms with Crippen LogP contribution >= 0.6 is 0 Å². The maximum Gasteiger partial charge on any atom is 0.227 e. The fourth-order valence-electron chi connectivity index (χ4n) is 1.74. The zero-order valence-corrected chi connectivity index (χ0v) is 11.6. The molecular formula is C12H23NO5. The lowest BCUT2D eigenvalue weighted by Crippen LogP contribution is -2.64. The molecule has 0 aromatic rings. The van der Waals surface area contributed by atoms with Crippen LogP contribution < -0.4 is 5.11 Å². The highest BCUT2D eigenvalue weighted by Crippen LogP contribution is 2.24. The summed E-state index contributed by atoms with van der Waals surface area (Å²) in [5.74, 6) is -2.28. The summed E-state index contributed by atoms with van der Waals surface area (Å²) in [7, 11) is 4.69. The minimum atomic E-state index is -2.32. The smallest absolute Gasteiger partial charge is 0.227 e. The van der Waals surface area contributed by atoms with Crippen LogP contribution in [0, 0.1) is 5.92 Å². The van der Waals surface area contributed by atoms with Crippen LogP contribution in [0.2, 0.25) is 0 Å². The Balaban J connectivity index is 5.30. The molecule has 106 valence electrons. The number of Topliss-reactive ketones (excluding diaryl/α,β-unsaturated/α-hetero) is 1. The number of carboxylic acid groups (broad SMARTS) is 1. The van der Waals surface area contributed by atoms with Crippen LogP contribution in [-0.2, 0) is 9.59 Å². The van der Waals surface area contributed by atoms with Gasteiger partial charge < -0.3 is 24.6 Å². The van der Waals surface area contributed by atoms with Crippen LogP contribution in [0.1, 0.15) is 26.7 Å². The van der Waals surface area contributed by atoms with Crippen molar-refractivity contribution in [2.24, 2.45) is 5.92 Å². The van der Waals surface area contributed by atoms with E-state index in [2.05, 4.69) is 0 Å². The highest BCUT2D eigenvalue weighted by Gasteiger charge is 2.49. The summed E-state index contributed by atoms with van der Waals surface area (Å²) in [6.45, 7) is 3.55. The number of carboxylic acids is 1. The predicted molar refractivity (Wildman–Crippen MR) is 63.1 cm³/mol. The van der Waals surface area contributed by atoms with Crippen molar-refractivity contribution in [2.75, 3.05) is 21.1 Å². The van der Waals surface area contributed by atoms with E-state index in [1.807, 2.05) is 0 Å². The second-order valence-corrected chi connectivity index (χ2v) is 5.98. The van der Waals surface area contributed by atoms with Crippen molar-refractivity contribution in [3.63, 3.8) is 0 Å². The van der Waals surface area contributed by atoms with Gasteiger partial charge in [0.25, 0.3) is 0 Å². The van der Waals surface area contributed by atoms with Crippen molar-refractivity contribution in [1.29, 1.82) is 0 Å². The zero-order chi connectivity index (χ0) is 14.7. The third-order valence-electron chi connectivity index (χ3n) is 2.65. The van der Waals surface area contributed by atoms with Gasteiger partial charge in [-0.25, -0.2) is 0 Å². The van der Waals surface area contributed by atoms with Crippen LogP contribution in [0.3, 0.4) is 0 Å². The van der Waals surface area contributed by atoms with E-state index in [9.17, 15) is 24.9 Å². The van der Waals surface area contributed by atoms with Crippen molar-refractivity contribution in [2.45, 2.75) is 38.5 Å². The van der Waals surface area contributed by atoms with E-state index in [0.717, 1.165) is 0 Å². The van der Waals surface area contributed by atoms with E-state index >= 15 is 0 Å². The lowest BCUT2D eigenvalue weighted by atomic mass is 9.86. The summed E-state index contributed by atoms with van der Waals surface area (Å²) < 4.78 is -0.145. The molecule has 0 aromatic carbocycles. The number of ketones is 1. The standard InChI is InChI=1S/C12H23NO5/c1-8(2)6-9(14)12(18,7-10(15)16)11(17)13(3,4)5/h8,11,17-18H,6-7H2,1-5H3/t11?,12-/m0/s1. The lowest BCUT2D eigenvalue weighted by molar-refractivity contribution is -0.925. The third kappa shape index (κ3) is 4.36. The van der Waals surface area contributed by atoms with Gasteiger partial charge in [0.2, 0.25) is 11.8 Å². The van der Waals surface area contributed by atoms with Gasteiger partial charge in [0.15, 0.2) is 5.78 Å². The topological polar surface area (TPSA) is 97.7 Å². The molecule has 0 saturated heterocycles. The van der Waals surface area contributed by atoms with E-state index in [4.69, 9.17) is 0 Å². The number of carbonyl (C=O) groups is 2. The highest BCUT2D eigenvalue weighted by molar-refractivity contribution is 5.91. The fraction of sp³-hybridized carbons (Fsp3) is 0.833. The van der Waals surface area contributed by atoms with E-state index in [1.54, 1.807) is 35.0 Å². The number of nitrogens with zero attached hydrogens (tertiary/aromatic N) is 1. The molecule has 0 aliphatic rings. The molecule has 0 spiro atoms. The molecule has 18 heavy (non-hydrogen) atoms. The average molecular weight is 261 g/mol. The molecule has 2 atom stereocenters. The van der Waals surface area contributed by atoms with Gasteiger partial charge in [-0.2, -0.15) is 0 Å². The van der Waals surface area contributed by atoms with Gasteiger partial charge in [0.05, 0.1) is 21.1 Å². The van der Waals surface area contributed by atoms with E-state index in [0.29, 0.717) is 0 Å². The Morgan fingerprint density at radius 2 is 1.72 bits per heavy atom. The summed E-state index contributed by atoms with van der Waals surface area (Å²) in [5, 5.41) is 31.0. The summed E-state index contributed by atoms with van der Waals surface area (Å²) in [5.41, 5.74) is -2.32. The summed E-state index contributed by atoms with van der Waals surface area (Å²) in [6.07, 6.45) is -2.43. The summed E-state index contributed by atoms with van der Waals surface area (Å²) in [6, 6.07) is 0. The number of quaternary nitrogens is 1. The monoisotopic (exact) mass is 261 g/mol. The Hall–Kier alpha value is -0.980. The van der Waals surface area contributed by atoms with Crippen molar-refractivity contribution >= 4 is 11.8 Å². The minimum absolute atomic E-state index is 0.000833. The molecule has 0 radical (unpaired) electrons. The highest BCUT2D eigenvalue weighted by atomic mass is 16.4. The first-order valence-electron chi connectivity index (χ1n) is 5.86. The molecule has 0 rings (SSSR count). The predicted octanol–water partition coefficient (Wildman–Crippen LogP) is -1.50. The molecule has 0 aromatic heterocycles. The Bertz CT molecular complexity index is 321. The van der Waals surface area contributed by atoms with Crippen molar-refractivity contribution in [3.05, 3.63) is 0 Å². The Morgan fingerprint density at radius 1 is 1.28 bits per heavy atom. The number of carbonyl (C=O) groups excluding carboxylic acids is 2. The van der Waals surface area contributed by atoms with E-state index in [1.165, 1.54) is 0 Å². The SMILES string of the molecule is CC(C)CC(=O)[C@@](O)(CC(=O)[O-])C(O)[N+](C)(C)C. The van der Waals surface area contributed by atoms with Crippen LogP contribution in [-0.4, -0.2) is 59.4 Å². The van der Waals surface area contributed by atoms with E-state index < -0.39 is 30.0 Å². The number of rotatable bonds is 7. The molecule has 6 heteroatoms. The molecule has 0 heterocycles. The largest absolute Gasteiger partial charge is 0.550 e. The Morgan fingerprint density at radius 3 is 2.00 bits per heavy atom. The molecule has 0 fully saturated rings. The molecular weight excluding hydrogens is 238 g/mol. The zero-order valence-electron chi connectivity index (χ0n) is 11.6. The molecule has 1 unspecified atom stereocenters. The molecule has 6 nitrogen and oxygen atoms in total. The van der Waals surface area contributed by atoms with Gasteiger partial charge in [-0.3, -0.25) is 4.79 Å². The molecule has 0 aliphatic carbocycles. The average Bonchev–Trinajstić information content (AvgIpc) is 2.12. The number of hydrogen-bond donors (Lipinski definition) is 2. The van der Waals surface area contributed by atoms with Gasteiger partial charge in [-0.15, -0.1) is 0 Å². The lowest BCUT2D eigenvalue weighted by Gasteiger charge is -2.40. The first-order chi connectivity index (χ1) is 7.91. The molecule has 0 bridgehead atoms. The first-order valence-corrected chi connectivity index (χ1v) is 5.86. The van der Waals surface area contributed by atoms with Crippen LogP contribution in [0.4, 0.5) is 0 Å². The number of hydrogen-bond acceptors (Lipinski definition) is 5. The van der Waals surface area contributed by atoms with Gasteiger partial charge in [0, 0.05) is 18.8 Å². The Labute approximate surface area is 107 Å². The quantitative estimate of drug-likeness (QED) is 0.429. The van der Waals surface area contributed by atoms with Gasteiger partial charge in [-0.05, 0) is 5.92 Å². The second-order valence-electron chi connectivity index (χ2n) is 5.98. The van der Waals surface area contributed by atoms with Crippen LogP contribution in [0.25, 0.3) is 0 Å². The molecule has 0 amide bonds. The maximum atomic E-state index is 12.0. The second kappa shape index (κ2) is 5.77. The molecule has 0 saturated carbocycles. The van der Waals surface area contributed by atoms with E-state index in [-0.39, 0.29) is 16.8 Å². The van der Waals surface area contributed by atoms with Crippen LogP contribution in [0.15, 0.2) is 0 Å². The van der Waals surface area contributed by atoms with Gasteiger partial charge in [-0.1, -0.05) is 13.8 Å². The van der Waals surface area contributed by atoms with Crippen LogP contribution in [0.5, 0.6) is 0 Å². The van der Waals surface area contributed by atoms with Gasteiger partial charge >= 0.3 is 0 Å². The Kier molecular flexibility index (Phi) is 5.46. The van der Waals surface area contributed by atoms with Crippen molar-refractivity contribution in [1.82, 2.24) is 0 Å². The number of aliphatic hydroxyl groups excluding tert-OH is 1. The maximum absolute atomic E-state index is 12.0. The summed E-state index contributed by atoms with van der Waals surface area (Å²) >= 11 is 0. The number of likely N-dealkylation sites (N-methyl/N-ethyl adjacent to an activating group) is 1. The van der Waals surface area contributed by atoms with Crippen molar-refractivity contribution in [3.8, 4) is 0 Å². The fourth-order valence-corrected chi connectivity index (χ4v) is 1.74. The van der Waals surface area contributed by atoms with Crippen molar-refractivity contribution < 1.29 is 29.4 Å². The van der Waals surface area contributed by atoms with Gasteiger partial charge in [0.1, 0.15) is 0 Å². The molecule has 2 N–H and O–H groups in total. The minimum Gasteiger partial charge on any atom is -0.550 e. The molecule has 0 aliphatic heterocycles. The summed E-state index contributed by atoms with van der Waals surface area (Å²) in [4.78, 5) is 22.7. The number of aliphatic hydroxyl groups is 2. The normalized spacial score (nSPS) is 17.3. The first kappa shape index (κ1) is 17.0. The third-order valence-corrected chi connectivity index (χ3v) is 2.65. The number of aliphatic carboxylic acids is 1.